The molecule has 1 unspecified atom stereocenters. The summed E-state index contributed by atoms with van der Waals surface area (Å²) in [6.07, 6.45) is 0. The third kappa shape index (κ3) is 2.31. The van der Waals surface area contributed by atoms with E-state index in [9.17, 15) is 4.39 Å². The largest absolute Gasteiger partial charge is 0.206 e. The average molecular weight is 320 g/mol. The van der Waals surface area contributed by atoms with Crippen LogP contribution in [0.15, 0.2) is 34.8 Å². The molecule has 0 spiro atoms. The van der Waals surface area contributed by atoms with Gasteiger partial charge in [-0.25, -0.2) is 4.39 Å². The Hall–Kier alpha value is -0.380. The van der Waals surface area contributed by atoms with Gasteiger partial charge in [-0.15, -0.1) is 22.9 Å². The molecule has 0 saturated carbocycles. The highest BCUT2D eigenvalue weighted by atomic mass is 79.9. The summed E-state index contributed by atoms with van der Waals surface area (Å²) >= 11 is 11.2. The topological polar surface area (TPSA) is 0 Å². The van der Waals surface area contributed by atoms with Crippen molar-refractivity contribution in [1.29, 1.82) is 0 Å². The highest BCUT2D eigenvalue weighted by Gasteiger charge is 2.17. The highest BCUT2D eigenvalue weighted by Crippen LogP contribution is 2.37. The number of thiophene rings is 1. The van der Waals surface area contributed by atoms with Crippen molar-refractivity contribution in [2.24, 2.45) is 0 Å². The van der Waals surface area contributed by atoms with Gasteiger partial charge in [-0.1, -0.05) is 12.1 Å². The van der Waals surface area contributed by atoms with Gasteiger partial charge in [0.05, 0.1) is 9.85 Å². The second kappa shape index (κ2) is 4.86. The fraction of sp³-hybridized carbons (Fsp3) is 0.167. The zero-order chi connectivity index (χ0) is 11.7. The first-order valence-electron chi connectivity index (χ1n) is 4.74. The van der Waals surface area contributed by atoms with Gasteiger partial charge in [0.1, 0.15) is 5.82 Å². The van der Waals surface area contributed by atoms with Crippen LogP contribution in [0.2, 0.25) is 0 Å². The van der Waals surface area contributed by atoms with Gasteiger partial charge in [-0.2, -0.15) is 0 Å². The molecule has 0 fully saturated rings. The minimum Gasteiger partial charge on any atom is -0.206 e. The third-order valence-corrected chi connectivity index (χ3v) is 4.77. The number of rotatable bonds is 2. The van der Waals surface area contributed by atoms with Gasteiger partial charge >= 0.3 is 0 Å². The van der Waals surface area contributed by atoms with Gasteiger partial charge < -0.3 is 0 Å². The lowest BCUT2D eigenvalue weighted by molar-refractivity contribution is 0.618. The van der Waals surface area contributed by atoms with Crippen LogP contribution in [0.25, 0.3) is 0 Å². The number of halogens is 3. The van der Waals surface area contributed by atoms with Crippen LogP contribution in [0.1, 0.15) is 20.7 Å². The molecule has 16 heavy (non-hydrogen) atoms. The Bertz CT molecular complexity index is 509. The smallest absolute Gasteiger partial charge is 0.137 e. The van der Waals surface area contributed by atoms with E-state index in [2.05, 4.69) is 15.9 Å². The van der Waals surface area contributed by atoms with Gasteiger partial charge in [0.15, 0.2) is 0 Å². The first kappa shape index (κ1) is 12.1. The first-order valence-corrected chi connectivity index (χ1v) is 6.78. The second-order valence-corrected chi connectivity index (χ2v) is 6.00. The Morgan fingerprint density at radius 1 is 1.31 bits per heavy atom. The molecule has 0 N–H and O–H groups in total. The first-order chi connectivity index (χ1) is 7.59. The van der Waals surface area contributed by atoms with Crippen molar-refractivity contribution in [3.8, 4) is 0 Å². The molecule has 1 heterocycles. The van der Waals surface area contributed by atoms with Crippen LogP contribution >= 0.6 is 38.9 Å². The summed E-state index contributed by atoms with van der Waals surface area (Å²) in [7, 11) is 0. The number of hydrogen-bond acceptors (Lipinski definition) is 1. The van der Waals surface area contributed by atoms with Gasteiger partial charge in [-0.3, -0.25) is 0 Å². The third-order valence-electron chi connectivity index (χ3n) is 2.27. The molecule has 1 atom stereocenters. The maximum absolute atomic E-state index is 13.4. The number of aryl methyl sites for hydroxylation is 1. The fourth-order valence-corrected chi connectivity index (χ4v) is 3.35. The van der Waals surface area contributed by atoms with Crippen molar-refractivity contribution in [2.75, 3.05) is 0 Å². The molecular weight excluding hydrogens is 311 g/mol. The summed E-state index contributed by atoms with van der Waals surface area (Å²) in [5.74, 6) is -0.281. The number of alkyl halides is 1. The summed E-state index contributed by atoms with van der Waals surface area (Å²) in [5.41, 5.74) is 0.767. The van der Waals surface area contributed by atoms with Crippen LogP contribution in [-0.2, 0) is 0 Å². The molecule has 0 saturated heterocycles. The van der Waals surface area contributed by atoms with Crippen molar-refractivity contribution in [2.45, 2.75) is 12.3 Å². The van der Waals surface area contributed by atoms with Crippen LogP contribution in [0.5, 0.6) is 0 Å². The molecule has 4 heteroatoms. The summed E-state index contributed by atoms with van der Waals surface area (Å²) < 4.78 is 13.8. The van der Waals surface area contributed by atoms with E-state index < -0.39 is 0 Å². The zero-order valence-corrected chi connectivity index (χ0v) is 11.7. The van der Waals surface area contributed by atoms with E-state index in [0.29, 0.717) is 4.47 Å². The molecule has 0 radical (unpaired) electrons. The van der Waals surface area contributed by atoms with E-state index in [0.717, 1.165) is 10.4 Å². The van der Waals surface area contributed by atoms with E-state index in [4.69, 9.17) is 11.6 Å². The molecule has 0 bridgehead atoms. The van der Waals surface area contributed by atoms with E-state index in [-0.39, 0.29) is 11.2 Å². The number of benzene rings is 1. The second-order valence-electron chi connectivity index (χ2n) is 3.45. The lowest BCUT2D eigenvalue weighted by Crippen LogP contribution is -1.93. The number of hydrogen-bond donors (Lipinski definition) is 0. The molecule has 0 amide bonds. The van der Waals surface area contributed by atoms with Crippen molar-refractivity contribution in [3.63, 3.8) is 0 Å². The van der Waals surface area contributed by atoms with Crippen LogP contribution in [0, 0.1) is 12.7 Å². The van der Waals surface area contributed by atoms with Crippen LogP contribution in [0.4, 0.5) is 4.39 Å². The maximum Gasteiger partial charge on any atom is 0.137 e. The lowest BCUT2D eigenvalue weighted by Gasteiger charge is -2.10. The van der Waals surface area contributed by atoms with Crippen molar-refractivity contribution in [1.82, 2.24) is 0 Å². The van der Waals surface area contributed by atoms with E-state index >= 15 is 0 Å². The van der Waals surface area contributed by atoms with Crippen molar-refractivity contribution in [3.05, 3.63) is 55.9 Å². The minimum absolute atomic E-state index is 0.281. The SMILES string of the molecule is Cc1ccc(C(Cl)c2cccc(F)c2Br)s1. The molecule has 0 aliphatic rings. The standard InChI is InChI=1S/C12H9BrClFS/c1-7-5-6-10(16-7)12(14)8-3-2-4-9(15)11(8)13/h2-6,12H,1H3. The Morgan fingerprint density at radius 3 is 2.69 bits per heavy atom. The molecule has 84 valence electrons. The van der Waals surface area contributed by atoms with Gasteiger partial charge in [-0.05, 0) is 46.6 Å². The zero-order valence-electron chi connectivity index (χ0n) is 8.51. The van der Waals surface area contributed by atoms with E-state index in [1.165, 1.54) is 10.9 Å². The summed E-state index contributed by atoms with van der Waals surface area (Å²) in [6, 6.07) is 8.92. The molecule has 1 aromatic carbocycles. The van der Waals surface area contributed by atoms with Crippen molar-refractivity contribution < 1.29 is 4.39 Å². The lowest BCUT2D eigenvalue weighted by atomic mass is 10.1. The Labute approximate surface area is 111 Å². The van der Waals surface area contributed by atoms with Crippen molar-refractivity contribution >= 4 is 38.9 Å². The summed E-state index contributed by atoms with van der Waals surface area (Å²) in [6.45, 7) is 2.03. The Balaban J connectivity index is 2.41. The molecule has 2 aromatic rings. The Kier molecular flexibility index (Phi) is 3.67. The molecule has 0 aliphatic heterocycles. The maximum atomic E-state index is 13.4. The molecular formula is C12H9BrClFS. The molecule has 0 aliphatic carbocycles. The van der Waals surface area contributed by atoms with Gasteiger partial charge in [0.25, 0.3) is 0 Å². The van der Waals surface area contributed by atoms with Crippen LogP contribution < -0.4 is 0 Å². The average Bonchev–Trinajstić information content (AvgIpc) is 2.68. The Morgan fingerprint density at radius 2 is 2.06 bits per heavy atom. The fourth-order valence-electron chi connectivity index (χ4n) is 1.46. The monoisotopic (exact) mass is 318 g/mol. The van der Waals surface area contributed by atoms with Gasteiger partial charge in [0, 0.05) is 9.75 Å². The highest BCUT2D eigenvalue weighted by molar-refractivity contribution is 9.10. The van der Waals surface area contributed by atoms with Crippen LogP contribution in [-0.4, -0.2) is 0 Å². The summed E-state index contributed by atoms with van der Waals surface area (Å²) in [4.78, 5) is 2.23. The summed E-state index contributed by atoms with van der Waals surface area (Å²) in [5, 5.41) is -0.302. The minimum atomic E-state index is -0.302. The predicted molar refractivity (Wildman–Crippen MR) is 70.9 cm³/mol. The molecule has 0 nitrogen and oxygen atoms in total. The predicted octanol–water partition coefficient (Wildman–Crippen LogP) is 5.29. The molecule has 1 aromatic heterocycles. The van der Waals surface area contributed by atoms with Gasteiger partial charge in [0.2, 0.25) is 0 Å². The normalized spacial score (nSPS) is 12.8. The van der Waals surface area contributed by atoms with E-state index in [1.54, 1.807) is 17.4 Å². The quantitative estimate of drug-likeness (QED) is 0.660. The van der Waals surface area contributed by atoms with Crippen LogP contribution in [0.3, 0.4) is 0 Å². The molecule has 2 rings (SSSR count). The van der Waals surface area contributed by atoms with E-state index in [1.807, 2.05) is 25.1 Å².